The lowest BCUT2D eigenvalue weighted by Crippen LogP contribution is -2.21. The van der Waals surface area contributed by atoms with Crippen molar-refractivity contribution >= 4 is 5.97 Å². The van der Waals surface area contributed by atoms with Crippen LogP contribution in [0.15, 0.2) is 13.2 Å². The van der Waals surface area contributed by atoms with Crippen LogP contribution in [0.1, 0.15) is 27.7 Å². The van der Waals surface area contributed by atoms with E-state index in [1.165, 1.54) is 6.92 Å². The summed E-state index contributed by atoms with van der Waals surface area (Å²) in [5.74, 6) is -0.225. The van der Waals surface area contributed by atoms with Crippen molar-refractivity contribution in [3.8, 4) is 0 Å². The Balaban J connectivity index is 0. The van der Waals surface area contributed by atoms with Crippen LogP contribution in [0.3, 0.4) is 0 Å². The van der Waals surface area contributed by atoms with E-state index >= 15 is 0 Å². The average Bonchev–Trinajstić information content (AvgIpc) is 1.64. The van der Waals surface area contributed by atoms with Gasteiger partial charge < -0.3 is 4.74 Å². The largest absolute Gasteiger partial charge is 0.460 e. The Morgan fingerprint density at radius 2 is 1.60 bits per heavy atom. The van der Waals surface area contributed by atoms with E-state index in [1.807, 2.05) is 20.8 Å². The summed E-state index contributed by atoms with van der Waals surface area (Å²) in [5.41, 5.74) is -0.328. The standard InChI is InChI=1S/C6H12O2.C2H4/c1-5(7)8-6(2,3)4;1-2/h1-4H3;1-2H2. The quantitative estimate of drug-likeness (QED) is 0.384. The monoisotopic (exact) mass is 144 g/mol. The predicted octanol–water partition coefficient (Wildman–Crippen LogP) is 2.15. The van der Waals surface area contributed by atoms with Gasteiger partial charge in [-0.25, -0.2) is 0 Å². The molecule has 0 aromatic heterocycles. The SMILES string of the molecule is C=C.CC(=O)OC(C)(C)C. The van der Waals surface area contributed by atoms with Crippen LogP contribution in [0.5, 0.6) is 0 Å². The zero-order valence-corrected chi connectivity index (χ0v) is 7.23. The van der Waals surface area contributed by atoms with E-state index in [-0.39, 0.29) is 11.6 Å². The molecule has 0 fully saturated rings. The Hall–Kier alpha value is -0.790. The molecule has 0 aromatic carbocycles. The summed E-state index contributed by atoms with van der Waals surface area (Å²) in [4.78, 5) is 10.2. The average molecular weight is 144 g/mol. The van der Waals surface area contributed by atoms with Crippen LogP contribution in [-0.4, -0.2) is 11.6 Å². The second-order valence-corrected chi connectivity index (χ2v) is 2.71. The predicted molar refractivity (Wildman–Crippen MR) is 42.8 cm³/mol. The van der Waals surface area contributed by atoms with E-state index in [1.54, 1.807) is 0 Å². The van der Waals surface area contributed by atoms with Gasteiger partial charge in [-0.1, -0.05) is 0 Å². The highest BCUT2D eigenvalue weighted by Gasteiger charge is 2.11. The number of carbonyl (C=O) groups excluding carboxylic acids is 1. The van der Waals surface area contributed by atoms with Gasteiger partial charge in [0.1, 0.15) is 5.60 Å². The summed E-state index contributed by atoms with van der Waals surface area (Å²) in [6.45, 7) is 12.9. The number of hydrogen-bond acceptors (Lipinski definition) is 2. The number of rotatable bonds is 0. The van der Waals surface area contributed by atoms with Crippen molar-refractivity contribution in [2.45, 2.75) is 33.3 Å². The second kappa shape index (κ2) is 5.03. The molecule has 10 heavy (non-hydrogen) atoms. The van der Waals surface area contributed by atoms with Gasteiger partial charge in [0.25, 0.3) is 0 Å². The molecule has 0 radical (unpaired) electrons. The van der Waals surface area contributed by atoms with Gasteiger partial charge in [-0.15, -0.1) is 13.2 Å². The first-order valence-electron chi connectivity index (χ1n) is 3.11. The lowest BCUT2D eigenvalue weighted by Gasteiger charge is -2.17. The maximum Gasteiger partial charge on any atom is 0.303 e. The Morgan fingerprint density at radius 1 is 1.30 bits per heavy atom. The number of ether oxygens (including phenoxy) is 1. The molecule has 0 heterocycles. The van der Waals surface area contributed by atoms with Crippen LogP contribution in [0.2, 0.25) is 0 Å². The normalized spacial score (nSPS) is 9.20. The Morgan fingerprint density at radius 3 is 1.60 bits per heavy atom. The molecule has 60 valence electrons. The first-order valence-corrected chi connectivity index (χ1v) is 3.11. The van der Waals surface area contributed by atoms with Crippen LogP contribution < -0.4 is 0 Å². The van der Waals surface area contributed by atoms with Crippen molar-refractivity contribution < 1.29 is 9.53 Å². The molecule has 0 aliphatic rings. The van der Waals surface area contributed by atoms with Gasteiger partial charge in [0, 0.05) is 6.92 Å². The molecule has 0 amide bonds. The molecule has 0 aromatic rings. The molecule has 0 saturated heterocycles. The molecular weight excluding hydrogens is 128 g/mol. The van der Waals surface area contributed by atoms with Crippen LogP contribution in [0.25, 0.3) is 0 Å². The van der Waals surface area contributed by atoms with Crippen molar-refractivity contribution in [2.75, 3.05) is 0 Å². The van der Waals surface area contributed by atoms with Gasteiger partial charge in [-0.3, -0.25) is 4.79 Å². The highest BCUT2D eigenvalue weighted by molar-refractivity contribution is 5.66. The second-order valence-electron chi connectivity index (χ2n) is 2.71. The van der Waals surface area contributed by atoms with Gasteiger partial charge >= 0.3 is 5.97 Å². The number of hydrogen-bond donors (Lipinski definition) is 0. The number of carbonyl (C=O) groups is 1. The fraction of sp³-hybridized carbons (Fsp3) is 0.625. The summed E-state index contributed by atoms with van der Waals surface area (Å²) in [5, 5.41) is 0. The fourth-order valence-electron chi connectivity index (χ4n) is 0.431. The molecular formula is C8H16O2. The van der Waals surface area contributed by atoms with E-state index in [0.717, 1.165) is 0 Å². The van der Waals surface area contributed by atoms with Gasteiger partial charge in [-0.2, -0.15) is 0 Å². The van der Waals surface area contributed by atoms with E-state index in [9.17, 15) is 4.79 Å². The molecule has 0 aliphatic heterocycles. The Labute approximate surface area is 62.9 Å². The molecule has 2 heteroatoms. The smallest absolute Gasteiger partial charge is 0.303 e. The minimum Gasteiger partial charge on any atom is -0.460 e. The molecule has 0 spiro atoms. The summed E-state index contributed by atoms with van der Waals surface area (Å²) in [6.07, 6.45) is 0. The molecule has 2 nitrogen and oxygen atoms in total. The maximum atomic E-state index is 10.2. The van der Waals surface area contributed by atoms with E-state index < -0.39 is 0 Å². The van der Waals surface area contributed by atoms with Crippen LogP contribution in [0.4, 0.5) is 0 Å². The molecule has 0 atom stereocenters. The van der Waals surface area contributed by atoms with Crippen LogP contribution in [0, 0.1) is 0 Å². The molecule has 0 saturated carbocycles. The summed E-state index contributed by atoms with van der Waals surface area (Å²) < 4.78 is 4.80. The number of esters is 1. The van der Waals surface area contributed by atoms with Crippen molar-refractivity contribution in [3.05, 3.63) is 13.2 Å². The first-order chi connectivity index (χ1) is 4.42. The van der Waals surface area contributed by atoms with E-state index in [0.29, 0.717) is 0 Å². The lowest BCUT2D eigenvalue weighted by atomic mass is 10.2. The molecule has 0 N–H and O–H groups in total. The van der Waals surface area contributed by atoms with Gasteiger partial charge in [0.15, 0.2) is 0 Å². The molecule has 0 bridgehead atoms. The van der Waals surface area contributed by atoms with E-state index in [4.69, 9.17) is 4.74 Å². The third-order valence-electron chi connectivity index (χ3n) is 0.450. The maximum absolute atomic E-state index is 10.2. The third-order valence-corrected chi connectivity index (χ3v) is 0.450. The first kappa shape index (κ1) is 11.9. The third kappa shape index (κ3) is 15.7. The molecule has 0 aliphatic carbocycles. The minimum absolute atomic E-state index is 0.225. The topological polar surface area (TPSA) is 26.3 Å². The fourth-order valence-corrected chi connectivity index (χ4v) is 0.431. The van der Waals surface area contributed by atoms with Crippen LogP contribution in [-0.2, 0) is 9.53 Å². The van der Waals surface area contributed by atoms with Crippen LogP contribution >= 0.6 is 0 Å². The van der Waals surface area contributed by atoms with Crippen molar-refractivity contribution in [2.24, 2.45) is 0 Å². The van der Waals surface area contributed by atoms with Crippen molar-refractivity contribution in [1.82, 2.24) is 0 Å². The van der Waals surface area contributed by atoms with Crippen molar-refractivity contribution in [3.63, 3.8) is 0 Å². The summed E-state index contributed by atoms with van der Waals surface area (Å²) in [6, 6.07) is 0. The van der Waals surface area contributed by atoms with Gasteiger partial charge in [0.2, 0.25) is 0 Å². The zero-order valence-electron chi connectivity index (χ0n) is 7.23. The lowest BCUT2D eigenvalue weighted by molar-refractivity contribution is -0.151. The van der Waals surface area contributed by atoms with E-state index in [2.05, 4.69) is 13.2 Å². The van der Waals surface area contributed by atoms with Gasteiger partial charge in [-0.05, 0) is 20.8 Å². The zero-order chi connectivity index (χ0) is 8.78. The van der Waals surface area contributed by atoms with Crippen molar-refractivity contribution in [1.29, 1.82) is 0 Å². The minimum atomic E-state index is -0.328. The summed E-state index contributed by atoms with van der Waals surface area (Å²) >= 11 is 0. The Bertz CT molecular complexity index is 100. The Kier molecular flexibility index (Phi) is 6.01. The summed E-state index contributed by atoms with van der Waals surface area (Å²) in [7, 11) is 0. The highest BCUT2D eigenvalue weighted by atomic mass is 16.6. The highest BCUT2D eigenvalue weighted by Crippen LogP contribution is 2.05. The van der Waals surface area contributed by atoms with Gasteiger partial charge in [0.05, 0.1) is 0 Å². The molecule has 0 unspecified atom stereocenters. The molecule has 0 rings (SSSR count).